The van der Waals surface area contributed by atoms with Crippen molar-refractivity contribution in [3.05, 3.63) is 34.6 Å². The smallest absolute Gasteiger partial charge is 0.142 e. The van der Waals surface area contributed by atoms with Crippen LogP contribution < -0.4 is 0 Å². The summed E-state index contributed by atoms with van der Waals surface area (Å²) >= 11 is 5.52. The van der Waals surface area contributed by atoms with Gasteiger partial charge in [-0.25, -0.2) is 4.39 Å². The summed E-state index contributed by atoms with van der Waals surface area (Å²) in [7, 11) is 1.44. The number of nitrogens with zero attached hydrogens (tertiary/aromatic N) is 1. The zero-order valence-electron chi connectivity index (χ0n) is 7.34. The number of hydrogen-bond donors (Lipinski definition) is 0. The van der Waals surface area contributed by atoms with Gasteiger partial charge in [-0.2, -0.15) is 0 Å². The van der Waals surface area contributed by atoms with E-state index in [9.17, 15) is 4.39 Å². The van der Waals surface area contributed by atoms with Crippen LogP contribution in [-0.2, 0) is 4.84 Å². The highest BCUT2D eigenvalue weighted by Gasteiger charge is 2.03. The third-order valence-corrected chi connectivity index (χ3v) is 1.87. The van der Waals surface area contributed by atoms with Crippen LogP contribution in [0.5, 0.6) is 0 Å². The van der Waals surface area contributed by atoms with Crippen LogP contribution in [0.15, 0.2) is 23.4 Å². The summed E-state index contributed by atoms with van der Waals surface area (Å²) in [5.41, 5.74) is 1.27. The Morgan fingerprint density at radius 3 is 2.77 bits per heavy atom. The van der Waals surface area contributed by atoms with Crippen molar-refractivity contribution in [2.24, 2.45) is 5.16 Å². The molecule has 1 rings (SSSR count). The number of hydrogen-bond acceptors (Lipinski definition) is 2. The molecule has 0 amide bonds. The van der Waals surface area contributed by atoms with Crippen molar-refractivity contribution in [3.8, 4) is 0 Å². The maximum atomic E-state index is 13.0. The zero-order chi connectivity index (χ0) is 9.84. The van der Waals surface area contributed by atoms with Crippen LogP contribution in [-0.4, -0.2) is 12.8 Å². The summed E-state index contributed by atoms with van der Waals surface area (Å²) < 4.78 is 13.0. The zero-order valence-corrected chi connectivity index (χ0v) is 8.10. The van der Waals surface area contributed by atoms with E-state index in [1.54, 1.807) is 13.0 Å². The van der Waals surface area contributed by atoms with E-state index in [1.807, 2.05) is 0 Å². The van der Waals surface area contributed by atoms with E-state index in [0.717, 1.165) is 0 Å². The molecule has 1 aromatic carbocycles. The van der Waals surface area contributed by atoms with Crippen molar-refractivity contribution in [3.63, 3.8) is 0 Å². The molecule has 4 heteroatoms. The number of halogens is 2. The molecule has 0 fully saturated rings. The second-order valence-electron chi connectivity index (χ2n) is 2.49. The molecule has 0 unspecified atom stereocenters. The quantitative estimate of drug-likeness (QED) is 0.533. The van der Waals surface area contributed by atoms with Crippen LogP contribution in [0.3, 0.4) is 0 Å². The Balaban J connectivity index is 3.04. The first-order valence-corrected chi connectivity index (χ1v) is 4.06. The molecule has 0 aliphatic heterocycles. The predicted octanol–water partition coefficient (Wildman–Crippen LogP) is 2.85. The van der Waals surface area contributed by atoms with Crippen LogP contribution in [0.4, 0.5) is 4.39 Å². The Labute approximate surface area is 81.0 Å². The summed E-state index contributed by atoms with van der Waals surface area (Å²) in [5, 5.41) is 3.78. The van der Waals surface area contributed by atoms with Gasteiger partial charge in [0.25, 0.3) is 0 Å². The first-order valence-electron chi connectivity index (χ1n) is 3.68. The van der Waals surface area contributed by atoms with Gasteiger partial charge in [-0.05, 0) is 19.1 Å². The van der Waals surface area contributed by atoms with Gasteiger partial charge in [0.15, 0.2) is 0 Å². The molecule has 0 saturated heterocycles. The molecule has 13 heavy (non-hydrogen) atoms. The van der Waals surface area contributed by atoms with Gasteiger partial charge in [-0.1, -0.05) is 22.8 Å². The highest BCUT2D eigenvalue weighted by molar-refractivity contribution is 6.30. The lowest BCUT2D eigenvalue weighted by Gasteiger charge is -2.00. The third-order valence-electron chi connectivity index (χ3n) is 1.57. The molecule has 2 nitrogen and oxygen atoms in total. The SMILES string of the molecule is CO/N=C(\C)c1ccc(Cl)c(F)c1. The molecule has 0 radical (unpaired) electrons. The fraction of sp³-hybridized carbons (Fsp3) is 0.222. The van der Waals surface area contributed by atoms with E-state index in [2.05, 4.69) is 9.99 Å². The third kappa shape index (κ3) is 2.42. The normalized spacial score (nSPS) is 11.5. The average molecular weight is 202 g/mol. The van der Waals surface area contributed by atoms with Crippen molar-refractivity contribution in [2.75, 3.05) is 7.11 Å². The van der Waals surface area contributed by atoms with E-state index in [4.69, 9.17) is 11.6 Å². The van der Waals surface area contributed by atoms with Gasteiger partial charge in [0.1, 0.15) is 12.9 Å². The lowest BCUT2D eigenvalue weighted by Crippen LogP contribution is -1.96. The molecule has 0 saturated carbocycles. The molecule has 0 heterocycles. The predicted molar refractivity (Wildman–Crippen MR) is 50.6 cm³/mol. The Morgan fingerprint density at radius 2 is 2.23 bits per heavy atom. The van der Waals surface area contributed by atoms with Crippen LogP contribution in [0.1, 0.15) is 12.5 Å². The Morgan fingerprint density at radius 1 is 1.54 bits per heavy atom. The highest BCUT2D eigenvalue weighted by atomic mass is 35.5. The second kappa shape index (κ2) is 4.23. The first kappa shape index (κ1) is 9.99. The molecule has 0 spiro atoms. The highest BCUT2D eigenvalue weighted by Crippen LogP contribution is 2.15. The Hall–Kier alpha value is -1.09. The van der Waals surface area contributed by atoms with Crippen LogP contribution >= 0.6 is 11.6 Å². The van der Waals surface area contributed by atoms with E-state index in [-0.39, 0.29) is 5.02 Å². The van der Waals surface area contributed by atoms with Crippen molar-refractivity contribution >= 4 is 17.3 Å². The molecule has 70 valence electrons. The molecule has 0 N–H and O–H groups in total. The van der Waals surface area contributed by atoms with Crippen LogP contribution in [0, 0.1) is 5.82 Å². The fourth-order valence-electron chi connectivity index (χ4n) is 0.911. The minimum absolute atomic E-state index is 0.106. The second-order valence-corrected chi connectivity index (χ2v) is 2.90. The number of rotatable bonds is 2. The van der Waals surface area contributed by atoms with Crippen LogP contribution in [0.25, 0.3) is 0 Å². The molecule has 0 aliphatic carbocycles. The van der Waals surface area contributed by atoms with E-state index < -0.39 is 5.82 Å². The van der Waals surface area contributed by atoms with E-state index in [0.29, 0.717) is 11.3 Å². The van der Waals surface area contributed by atoms with E-state index in [1.165, 1.54) is 19.2 Å². The van der Waals surface area contributed by atoms with Crippen molar-refractivity contribution in [1.29, 1.82) is 0 Å². The van der Waals surface area contributed by atoms with Gasteiger partial charge in [-0.3, -0.25) is 0 Å². The summed E-state index contributed by atoms with van der Waals surface area (Å²) in [6.45, 7) is 1.73. The Bertz CT molecular complexity index is 338. The van der Waals surface area contributed by atoms with Crippen molar-refractivity contribution in [2.45, 2.75) is 6.92 Å². The van der Waals surface area contributed by atoms with Gasteiger partial charge in [0, 0.05) is 5.56 Å². The molecule has 0 bridgehead atoms. The van der Waals surface area contributed by atoms with E-state index >= 15 is 0 Å². The molecular formula is C9H9ClFNO. The average Bonchev–Trinajstić information content (AvgIpc) is 2.10. The molecular weight excluding hydrogens is 193 g/mol. The fourth-order valence-corrected chi connectivity index (χ4v) is 1.03. The van der Waals surface area contributed by atoms with Crippen molar-refractivity contribution in [1.82, 2.24) is 0 Å². The first-order chi connectivity index (χ1) is 6.15. The van der Waals surface area contributed by atoms with Gasteiger partial charge >= 0.3 is 0 Å². The van der Waals surface area contributed by atoms with Crippen LogP contribution in [0.2, 0.25) is 5.02 Å². The molecule has 1 aromatic rings. The summed E-state index contributed by atoms with van der Waals surface area (Å²) in [6.07, 6.45) is 0. The number of oxime groups is 1. The topological polar surface area (TPSA) is 21.6 Å². The molecule has 0 aliphatic rings. The molecule has 0 atom stereocenters. The Kier molecular flexibility index (Phi) is 3.25. The minimum atomic E-state index is -0.454. The van der Waals surface area contributed by atoms with Gasteiger partial charge in [0.2, 0.25) is 0 Å². The van der Waals surface area contributed by atoms with Gasteiger partial charge in [-0.15, -0.1) is 0 Å². The maximum Gasteiger partial charge on any atom is 0.142 e. The largest absolute Gasteiger partial charge is 0.399 e. The summed E-state index contributed by atoms with van der Waals surface area (Å²) in [5.74, 6) is -0.454. The van der Waals surface area contributed by atoms with Crippen molar-refractivity contribution < 1.29 is 9.23 Å². The van der Waals surface area contributed by atoms with Gasteiger partial charge in [0.05, 0.1) is 10.7 Å². The summed E-state index contributed by atoms with van der Waals surface area (Å²) in [6, 6.07) is 4.49. The monoisotopic (exact) mass is 201 g/mol. The minimum Gasteiger partial charge on any atom is -0.399 e. The molecule has 0 aromatic heterocycles. The van der Waals surface area contributed by atoms with Gasteiger partial charge < -0.3 is 4.84 Å². The number of benzene rings is 1. The standard InChI is InChI=1S/C9H9ClFNO/c1-6(12-13-2)7-3-4-8(10)9(11)5-7/h3-5H,1-2H3/b12-6+. The lowest BCUT2D eigenvalue weighted by atomic mass is 10.1. The lowest BCUT2D eigenvalue weighted by molar-refractivity contribution is 0.213. The summed E-state index contributed by atoms with van der Waals surface area (Å²) in [4.78, 5) is 4.56. The maximum absolute atomic E-state index is 13.0.